The molecule has 0 heterocycles. The van der Waals surface area contributed by atoms with Crippen molar-refractivity contribution in [1.29, 1.82) is 0 Å². The number of carboxylic acid groups (broad SMARTS) is 1. The quantitative estimate of drug-likeness (QED) is 0.534. The van der Waals surface area contributed by atoms with Gasteiger partial charge in [0.15, 0.2) is 0 Å². The molecule has 86 valence electrons. The highest BCUT2D eigenvalue weighted by Crippen LogP contribution is 2.08. The number of nitrogen functional groups attached to an aromatic ring is 1. The van der Waals surface area contributed by atoms with E-state index in [0.29, 0.717) is 5.69 Å². The summed E-state index contributed by atoms with van der Waals surface area (Å²) in [4.78, 5) is 21.4. The smallest absolute Gasteiger partial charge is 0.326 e. The Labute approximate surface area is 92.2 Å². The van der Waals surface area contributed by atoms with Crippen LogP contribution in [0, 0.1) is 0 Å². The maximum absolute atomic E-state index is 10.8. The third-order valence-corrected chi connectivity index (χ3v) is 2.03. The highest BCUT2D eigenvalue weighted by molar-refractivity contribution is 5.81. The number of benzene rings is 1. The van der Waals surface area contributed by atoms with Gasteiger partial charge < -0.3 is 21.9 Å². The Morgan fingerprint density at radius 1 is 1.31 bits per heavy atom. The van der Waals surface area contributed by atoms with Gasteiger partial charge in [-0.25, -0.2) is 9.59 Å². The fourth-order valence-electron chi connectivity index (χ4n) is 1.26. The van der Waals surface area contributed by atoms with E-state index in [1.165, 1.54) is 0 Å². The van der Waals surface area contributed by atoms with Crippen molar-refractivity contribution in [3.63, 3.8) is 0 Å². The second-order valence-corrected chi connectivity index (χ2v) is 3.35. The van der Waals surface area contributed by atoms with Gasteiger partial charge in [-0.2, -0.15) is 0 Å². The molecule has 0 saturated heterocycles. The number of urea groups is 1. The van der Waals surface area contributed by atoms with Crippen molar-refractivity contribution in [1.82, 2.24) is 5.32 Å². The predicted molar refractivity (Wildman–Crippen MR) is 58.7 cm³/mol. The van der Waals surface area contributed by atoms with Gasteiger partial charge in [-0.1, -0.05) is 12.1 Å². The second-order valence-electron chi connectivity index (χ2n) is 3.35. The molecule has 1 aromatic carbocycles. The number of carbonyl (C=O) groups is 2. The number of nitrogens with two attached hydrogens (primary N) is 2. The van der Waals surface area contributed by atoms with Gasteiger partial charge in [-0.3, -0.25) is 0 Å². The van der Waals surface area contributed by atoms with E-state index < -0.39 is 18.0 Å². The lowest BCUT2D eigenvalue weighted by Crippen LogP contribution is -2.44. The first kappa shape index (κ1) is 11.8. The molecule has 0 saturated carbocycles. The highest BCUT2D eigenvalue weighted by Gasteiger charge is 2.18. The van der Waals surface area contributed by atoms with Crippen LogP contribution in [0.5, 0.6) is 0 Å². The molecule has 0 spiro atoms. The molecule has 6 N–H and O–H groups in total. The average Bonchev–Trinajstić information content (AvgIpc) is 2.19. The Morgan fingerprint density at radius 3 is 2.31 bits per heavy atom. The molecule has 0 aliphatic heterocycles. The number of nitrogens with one attached hydrogen (secondary N) is 1. The van der Waals surface area contributed by atoms with Gasteiger partial charge in [0.1, 0.15) is 6.04 Å². The van der Waals surface area contributed by atoms with E-state index in [9.17, 15) is 9.59 Å². The maximum atomic E-state index is 10.8. The van der Waals surface area contributed by atoms with E-state index in [1.807, 2.05) is 0 Å². The molecule has 0 radical (unpaired) electrons. The van der Waals surface area contributed by atoms with Gasteiger partial charge in [-0.15, -0.1) is 0 Å². The average molecular weight is 223 g/mol. The Kier molecular flexibility index (Phi) is 3.71. The summed E-state index contributed by atoms with van der Waals surface area (Å²) in [5, 5.41) is 11.0. The van der Waals surface area contributed by atoms with Crippen LogP contribution in [0.15, 0.2) is 24.3 Å². The normalized spacial score (nSPS) is 11.8. The Balaban J connectivity index is 2.71. The van der Waals surface area contributed by atoms with Gasteiger partial charge in [-0.05, 0) is 17.7 Å². The number of anilines is 1. The number of hydrogen-bond acceptors (Lipinski definition) is 3. The van der Waals surface area contributed by atoms with Crippen LogP contribution < -0.4 is 16.8 Å². The summed E-state index contributed by atoms with van der Waals surface area (Å²) >= 11 is 0. The Bertz CT molecular complexity index is 389. The van der Waals surface area contributed by atoms with Crippen molar-refractivity contribution in [3.8, 4) is 0 Å². The molecular formula is C10H13N3O3. The summed E-state index contributed by atoms with van der Waals surface area (Å²) in [5.41, 5.74) is 11.7. The van der Waals surface area contributed by atoms with Gasteiger partial charge in [0.25, 0.3) is 0 Å². The number of carboxylic acids is 1. The summed E-state index contributed by atoms with van der Waals surface area (Å²) < 4.78 is 0. The number of rotatable bonds is 4. The molecule has 0 bridgehead atoms. The molecule has 2 amide bonds. The minimum Gasteiger partial charge on any atom is -0.480 e. The van der Waals surface area contributed by atoms with Crippen LogP contribution in [-0.2, 0) is 11.2 Å². The Morgan fingerprint density at radius 2 is 1.88 bits per heavy atom. The van der Waals surface area contributed by atoms with Crippen LogP contribution in [0.2, 0.25) is 0 Å². The standard InChI is InChI=1S/C10H13N3O3/c11-7-3-1-6(2-4-7)5-8(9(14)15)13-10(12)16/h1-4,8H,5,11H2,(H,14,15)(H3,12,13,16)/t8-/m1/s1. The fraction of sp³-hybridized carbons (Fsp3) is 0.200. The first-order chi connectivity index (χ1) is 7.49. The molecule has 0 unspecified atom stereocenters. The summed E-state index contributed by atoms with van der Waals surface area (Å²) in [6.45, 7) is 0. The van der Waals surface area contributed by atoms with Crippen LogP contribution in [0.3, 0.4) is 0 Å². The zero-order valence-electron chi connectivity index (χ0n) is 8.51. The minimum atomic E-state index is -1.13. The second kappa shape index (κ2) is 5.01. The number of primary amides is 1. The Hall–Kier alpha value is -2.24. The van der Waals surface area contributed by atoms with E-state index >= 15 is 0 Å². The van der Waals surface area contributed by atoms with E-state index in [-0.39, 0.29) is 6.42 Å². The molecule has 0 aliphatic rings. The number of hydrogen-bond donors (Lipinski definition) is 4. The molecule has 1 atom stereocenters. The summed E-state index contributed by atoms with van der Waals surface area (Å²) in [5.74, 6) is -1.13. The molecule has 16 heavy (non-hydrogen) atoms. The third kappa shape index (κ3) is 3.49. The van der Waals surface area contributed by atoms with Crippen molar-refractivity contribution in [3.05, 3.63) is 29.8 Å². The van der Waals surface area contributed by atoms with Crippen molar-refractivity contribution < 1.29 is 14.7 Å². The fourth-order valence-corrected chi connectivity index (χ4v) is 1.26. The molecule has 1 aromatic rings. The molecule has 6 heteroatoms. The first-order valence-corrected chi connectivity index (χ1v) is 4.62. The molecule has 0 aromatic heterocycles. The maximum Gasteiger partial charge on any atom is 0.326 e. The predicted octanol–water partition coefficient (Wildman–Crippen LogP) is -0.0672. The van der Waals surface area contributed by atoms with Gasteiger partial charge >= 0.3 is 12.0 Å². The number of amides is 2. The molecule has 0 fully saturated rings. The van der Waals surface area contributed by atoms with E-state index in [4.69, 9.17) is 16.6 Å². The van der Waals surface area contributed by atoms with Crippen LogP contribution in [0.25, 0.3) is 0 Å². The topological polar surface area (TPSA) is 118 Å². The largest absolute Gasteiger partial charge is 0.480 e. The minimum absolute atomic E-state index is 0.165. The summed E-state index contributed by atoms with van der Waals surface area (Å²) in [6, 6.07) is 4.85. The third-order valence-electron chi connectivity index (χ3n) is 2.03. The van der Waals surface area contributed by atoms with Gasteiger partial charge in [0.05, 0.1) is 0 Å². The molecule has 1 rings (SSSR count). The van der Waals surface area contributed by atoms with Crippen molar-refractivity contribution >= 4 is 17.7 Å². The van der Waals surface area contributed by atoms with Gasteiger partial charge in [0.2, 0.25) is 0 Å². The zero-order chi connectivity index (χ0) is 12.1. The van der Waals surface area contributed by atoms with Crippen molar-refractivity contribution in [2.75, 3.05) is 5.73 Å². The SMILES string of the molecule is NC(=O)N[C@H](Cc1ccc(N)cc1)C(=O)O. The monoisotopic (exact) mass is 223 g/mol. The van der Waals surface area contributed by atoms with Crippen LogP contribution >= 0.6 is 0 Å². The van der Waals surface area contributed by atoms with Crippen molar-refractivity contribution in [2.45, 2.75) is 12.5 Å². The van der Waals surface area contributed by atoms with E-state index in [1.54, 1.807) is 24.3 Å². The van der Waals surface area contributed by atoms with Crippen LogP contribution in [-0.4, -0.2) is 23.1 Å². The highest BCUT2D eigenvalue weighted by atomic mass is 16.4. The first-order valence-electron chi connectivity index (χ1n) is 4.62. The lowest BCUT2D eigenvalue weighted by atomic mass is 10.1. The number of aliphatic carboxylic acids is 1. The number of carbonyl (C=O) groups excluding carboxylic acids is 1. The van der Waals surface area contributed by atoms with Crippen molar-refractivity contribution in [2.24, 2.45) is 5.73 Å². The summed E-state index contributed by atoms with van der Waals surface area (Å²) in [7, 11) is 0. The molecule has 6 nitrogen and oxygen atoms in total. The van der Waals surface area contributed by atoms with E-state index in [0.717, 1.165) is 5.56 Å². The molecular weight excluding hydrogens is 210 g/mol. The lowest BCUT2D eigenvalue weighted by molar-refractivity contribution is -0.139. The van der Waals surface area contributed by atoms with Crippen LogP contribution in [0.1, 0.15) is 5.56 Å². The zero-order valence-corrected chi connectivity index (χ0v) is 8.51. The molecule has 0 aliphatic carbocycles. The lowest BCUT2D eigenvalue weighted by Gasteiger charge is -2.12. The van der Waals surface area contributed by atoms with E-state index in [2.05, 4.69) is 5.32 Å². The van der Waals surface area contributed by atoms with Crippen LogP contribution in [0.4, 0.5) is 10.5 Å². The van der Waals surface area contributed by atoms with Gasteiger partial charge in [0, 0.05) is 12.1 Å². The summed E-state index contributed by atoms with van der Waals surface area (Å²) in [6.07, 6.45) is 0.165.